The first-order chi connectivity index (χ1) is 12.3. The van der Waals surface area contributed by atoms with Crippen molar-refractivity contribution in [1.29, 1.82) is 0 Å². The fourth-order valence-electron chi connectivity index (χ4n) is 2.14. The van der Waals surface area contributed by atoms with Crippen LogP contribution in [-0.2, 0) is 10.0 Å². The van der Waals surface area contributed by atoms with Crippen LogP contribution in [0.5, 0.6) is 0 Å². The van der Waals surface area contributed by atoms with Crippen LogP contribution in [0.15, 0.2) is 63.6 Å². The fraction of sp³-hybridized carbons (Fsp3) is 0.300. The van der Waals surface area contributed by atoms with Crippen molar-refractivity contribution < 1.29 is 17.9 Å². The molecule has 0 saturated heterocycles. The monoisotopic (exact) mass is 373 g/mol. The summed E-state index contributed by atoms with van der Waals surface area (Å²) in [5.74, 6) is 5.69. The SMILES string of the molecule is CC(C)=CCN(CC#CC(O)c1ccco1)S(=O)(=O)c1ccc(C)cc1. The first-order valence-corrected chi connectivity index (χ1v) is 9.65. The van der Waals surface area contributed by atoms with Gasteiger partial charge >= 0.3 is 0 Å². The standard InChI is InChI=1S/C20H23NO4S/c1-16(2)12-14-21(13-4-6-19(22)20-7-5-15-25-20)26(23,24)18-10-8-17(3)9-11-18/h5,7-12,15,19,22H,13-14H2,1-3H3. The molecule has 1 N–H and O–H groups in total. The minimum atomic E-state index is -3.68. The largest absolute Gasteiger partial charge is 0.466 e. The van der Waals surface area contributed by atoms with Crippen LogP contribution in [0.25, 0.3) is 0 Å². The highest BCUT2D eigenvalue weighted by atomic mass is 32.2. The van der Waals surface area contributed by atoms with Gasteiger partial charge in [-0.15, -0.1) is 0 Å². The van der Waals surface area contributed by atoms with Gasteiger partial charge in [0.2, 0.25) is 10.0 Å². The molecule has 26 heavy (non-hydrogen) atoms. The molecule has 0 aliphatic rings. The first-order valence-electron chi connectivity index (χ1n) is 8.21. The van der Waals surface area contributed by atoms with Crippen LogP contribution in [0.2, 0.25) is 0 Å². The molecule has 1 unspecified atom stereocenters. The number of hydrogen-bond acceptors (Lipinski definition) is 4. The molecule has 1 heterocycles. The van der Waals surface area contributed by atoms with Gasteiger partial charge in [0.15, 0.2) is 6.10 Å². The Kier molecular flexibility index (Phi) is 6.81. The molecule has 0 aliphatic heterocycles. The van der Waals surface area contributed by atoms with Crippen molar-refractivity contribution in [3.05, 3.63) is 65.6 Å². The van der Waals surface area contributed by atoms with Gasteiger partial charge in [-0.05, 0) is 45.0 Å². The molecule has 5 nitrogen and oxygen atoms in total. The van der Waals surface area contributed by atoms with Gasteiger partial charge in [0, 0.05) is 6.54 Å². The third kappa shape index (κ3) is 5.33. The Morgan fingerprint density at radius 3 is 2.54 bits per heavy atom. The number of rotatable bonds is 6. The molecule has 1 aromatic heterocycles. The Morgan fingerprint density at radius 2 is 1.96 bits per heavy atom. The van der Waals surface area contributed by atoms with E-state index < -0.39 is 16.1 Å². The van der Waals surface area contributed by atoms with Crippen molar-refractivity contribution >= 4 is 10.0 Å². The van der Waals surface area contributed by atoms with Gasteiger partial charge in [-0.2, -0.15) is 4.31 Å². The number of nitrogens with zero attached hydrogens (tertiary/aromatic N) is 1. The molecule has 1 atom stereocenters. The third-order valence-corrected chi connectivity index (χ3v) is 5.49. The molecule has 0 aliphatic carbocycles. The van der Waals surface area contributed by atoms with Gasteiger partial charge in [-0.25, -0.2) is 8.42 Å². The molecule has 6 heteroatoms. The highest BCUT2D eigenvalue weighted by molar-refractivity contribution is 7.89. The van der Waals surface area contributed by atoms with Crippen LogP contribution in [0.3, 0.4) is 0 Å². The molecule has 0 bridgehead atoms. The molecular formula is C20H23NO4S. The molecule has 0 amide bonds. The van der Waals surface area contributed by atoms with E-state index in [0.717, 1.165) is 11.1 Å². The van der Waals surface area contributed by atoms with Crippen molar-refractivity contribution in [2.45, 2.75) is 31.8 Å². The maximum absolute atomic E-state index is 12.9. The van der Waals surface area contributed by atoms with Crippen LogP contribution >= 0.6 is 0 Å². The second kappa shape index (κ2) is 8.86. The van der Waals surface area contributed by atoms with Crippen LogP contribution < -0.4 is 0 Å². The summed E-state index contributed by atoms with van der Waals surface area (Å²) in [6.45, 7) is 5.90. The van der Waals surface area contributed by atoms with Crippen molar-refractivity contribution in [2.24, 2.45) is 0 Å². The van der Waals surface area contributed by atoms with Crippen LogP contribution in [0, 0.1) is 18.8 Å². The lowest BCUT2D eigenvalue weighted by atomic mass is 10.2. The molecule has 0 saturated carbocycles. The molecular weight excluding hydrogens is 350 g/mol. The normalized spacial score (nSPS) is 12.3. The summed E-state index contributed by atoms with van der Waals surface area (Å²) < 4.78 is 32.2. The highest BCUT2D eigenvalue weighted by Gasteiger charge is 2.22. The maximum atomic E-state index is 12.9. The summed E-state index contributed by atoms with van der Waals surface area (Å²) >= 11 is 0. The number of aliphatic hydroxyl groups excluding tert-OH is 1. The number of sulfonamides is 1. The summed E-state index contributed by atoms with van der Waals surface area (Å²) in [7, 11) is -3.68. The Morgan fingerprint density at radius 1 is 1.27 bits per heavy atom. The van der Waals surface area contributed by atoms with Gasteiger partial charge in [0.25, 0.3) is 0 Å². The lowest BCUT2D eigenvalue weighted by molar-refractivity contribution is 0.206. The quantitative estimate of drug-likeness (QED) is 0.623. The van der Waals surface area contributed by atoms with Gasteiger partial charge in [0.1, 0.15) is 5.76 Å². The highest BCUT2D eigenvalue weighted by Crippen LogP contribution is 2.17. The van der Waals surface area contributed by atoms with E-state index in [1.54, 1.807) is 36.4 Å². The van der Waals surface area contributed by atoms with Crippen molar-refractivity contribution in [1.82, 2.24) is 4.31 Å². The average molecular weight is 373 g/mol. The van der Waals surface area contributed by atoms with E-state index in [2.05, 4.69) is 11.8 Å². The average Bonchev–Trinajstić information content (AvgIpc) is 3.12. The van der Waals surface area contributed by atoms with Crippen molar-refractivity contribution in [3.8, 4) is 11.8 Å². The van der Waals surface area contributed by atoms with Crippen molar-refractivity contribution in [2.75, 3.05) is 13.1 Å². The first kappa shape index (κ1) is 20.0. The summed E-state index contributed by atoms with van der Waals surface area (Å²) in [6, 6.07) is 9.97. The zero-order chi connectivity index (χ0) is 19.2. The Balaban J connectivity index is 2.23. The maximum Gasteiger partial charge on any atom is 0.244 e. The lowest BCUT2D eigenvalue weighted by Crippen LogP contribution is -2.32. The van der Waals surface area contributed by atoms with E-state index in [-0.39, 0.29) is 18.0 Å². The Hall–Kier alpha value is -2.33. The second-order valence-electron chi connectivity index (χ2n) is 6.13. The molecule has 1 aromatic carbocycles. The predicted octanol–water partition coefficient (Wildman–Crippen LogP) is 3.28. The number of furan rings is 1. The molecule has 2 aromatic rings. The van der Waals surface area contributed by atoms with E-state index in [0.29, 0.717) is 5.76 Å². The summed E-state index contributed by atoms with van der Waals surface area (Å²) in [5, 5.41) is 9.94. The summed E-state index contributed by atoms with van der Waals surface area (Å²) in [4.78, 5) is 0.221. The Bertz CT molecular complexity index is 897. The summed E-state index contributed by atoms with van der Waals surface area (Å²) in [6.07, 6.45) is 2.19. The predicted molar refractivity (Wildman–Crippen MR) is 101 cm³/mol. The second-order valence-corrected chi connectivity index (χ2v) is 8.07. The van der Waals surface area contributed by atoms with Crippen molar-refractivity contribution in [3.63, 3.8) is 0 Å². The minimum absolute atomic E-state index is 0.0300. The van der Waals surface area contributed by atoms with E-state index >= 15 is 0 Å². The number of aliphatic hydroxyl groups is 1. The zero-order valence-electron chi connectivity index (χ0n) is 15.1. The van der Waals surface area contributed by atoms with E-state index in [9.17, 15) is 13.5 Å². The van der Waals surface area contributed by atoms with Gasteiger partial charge in [-0.3, -0.25) is 0 Å². The number of aryl methyl sites for hydroxylation is 1. The molecule has 0 radical (unpaired) electrons. The molecule has 0 fully saturated rings. The van der Waals surface area contributed by atoms with E-state index in [4.69, 9.17) is 4.42 Å². The smallest absolute Gasteiger partial charge is 0.244 e. The third-order valence-electron chi connectivity index (χ3n) is 3.67. The molecule has 138 valence electrons. The van der Waals surface area contributed by atoms with Crippen LogP contribution in [0.4, 0.5) is 0 Å². The lowest BCUT2D eigenvalue weighted by Gasteiger charge is -2.18. The van der Waals surface area contributed by atoms with E-state index in [1.807, 2.05) is 26.8 Å². The van der Waals surface area contributed by atoms with Crippen LogP contribution in [0.1, 0.15) is 31.3 Å². The number of hydrogen-bond donors (Lipinski definition) is 1. The van der Waals surface area contributed by atoms with Gasteiger partial charge in [0.05, 0.1) is 17.7 Å². The van der Waals surface area contributed by atoms with Gasteiger partial charge in [-0.1, -0.05) is 41.2 Å². The number of benzene rings is 1. The molecule has 0 spiro atoms. The molecule has 2 rings (SSSR count). The number of allylic oxidation sites excluding steroid dienone is 1. The van der Waals surface area contributed by atoms with Gasteiger partial charge < -0.3 is 9.52 Å². The van der Waals surface area contributed by atoms with Crippen LogP contribution in [-0.4, -0.2) is 30.9 Å². The van der Waals surface area contributed by atoms with E-state index in [1.165, 1.54) is 10.6 Å². The Labute approximate surface area is 155 Å². The topological polar surface area (TPSA) is 70.8 Å². The zero-order valence-corrected chi connectivity index (χ0v) is 16.0. The summed E-state index contributed by atoms with van der Waals surface area (Å²) in [5.41, 5.74) is 2.00. The fourth-order valence-corrected chi connectivity index (χ4v) is 3.42. The minimum Gasteiger partial charge on any atom is -0.466 e.